The summed E-state index contributed by atoms with van der Waals surface area (Å²) in [6.45, 7) is 10.5. The Morgan fingerprint density at radius 2 is 2.06 bits per heavy atom. The predicted octanol–water partition coefficient (Wildman–Crippen LogP) is 3.25. The van der Waals surface area contributed by atoms with Gasteiger partial charge in [0, 0.05) is 25.3 Å². The second-order valence-electron chi connectivity index (χ2n) is 5.18. The van der Waals surface area contributed by atoms with Crippen LogP contribution in [0.3, 0.4) is 0 Å². The van der Waals surface area contributed by atoms with Crippen molar-refractivity contribution in [3.8, 4) is 0 Å². The molecule has 0 radical (unpaired) electrons. The molecule has 0 unspecified atom stereocenters. The van der Waals surface area contributed by atoms with Gasteiger partial charge in [0.1, 0.15) is 5.82 Å². The summed E-state index contributed by atoms with van der Waals surface area (Å²) in [6.07, 6.45) is 5.67. The summed E-state index contributed by atoms with van der Waals surface area (Å²) in [5.74, 6) is 1.11. The fourth-order valence-electron chi connectivity index (χ4n) is 2.18. The summed E-state index contributed by atoms with van der Waals surface area (Å²) < 4.78 is 0. The van der Waals surface area contributed by atoms with Gasteiger partial charge in [0.2, 0.25) is 0 Å². The van der Waals surface area contributed by atoms with Gasteiger partial charge < -0.3 is 10.6 Å². The molecule has 1 heterocycles. The minimum atomic E-state index is 0.483. The first kappa shape index (κ1) is 15.0. The average molecular weight is 249 g/mol. The molecule has 0 saturated heterocycles. The zero-order chi connectivity index (χ0) is 13.5. The van der Waals surface area contributed by atoms with Crippen LogP contribution in [0.4, 0.5) is 5.82 Å². The van der Waals surface area contributed by atoms with E-state index >= 15 is 0 Å². The maximum Gasteiger partial charge on any atom is 0.131 e. The topological polar surface area (TPSA) is 42.2 Å². The number of aryl methyl sites for hydroxylation is 1. The molecule has 0 aliphatic carbocycles. The van der Waals surface area contributed by atoms with Crippen molar-refractivity contribution < 1.29 is 0 Å². The van der Waals surface area contributed by atoms with E-state index in [4.69, 9.17) is 5.73 Å². The number of aromatic nitrogens is 1. The van der Waals surface area contributed by atoms with Crippen molar-refractivity contribution in [3.05, 3.63) is 23.4 Å². The molecule has 0 spiro atoms. The fourth-order valence-corrected chi connectivity index (χ4v) is 2.18. The lowest BCUT2D eigenvalue weighted by Crippen LogP contribution is -2.33. The smallest absolute Gasteiger partial charge is 0.131 e. The van der Waals surface area contributed by atoms with Crippen LogP contribution in [0, 0.1) is 6.92 Å². The summed E-state index contributed by atoms with van der Waals surface area (Å²) >= 11 is 0. The number of nitrogens with zero attached hydrogens (tertiary/aromatic N) is 2. The fraction of sp³-hybridized carbons (Fsp3) is 0.667. The van der Waals surface area contributed by atoms with E-state index in [-0.39, 0.29) is 0 Å². The molecule has 18 heavy (non-hydrogen) atoms. The van der Waals surface area contributed by atoms with Crippen LogP contribution in [0.25, 0.3) is 0 Å². The molecule has 102 valence electrons. The molecule has 0 bridgehead atoms. The zero-order valence-electron chi connectivity index (χ0n) is 12.2. The highest BCUT2D eigenvalue weighted by Crippen LogP contribution is 2.20. The highest BCUT2D eigenvalue weighted by molar-refractivity contribution is 5.48. The van der Waals surface area contributed by atoms with Crippen LogP contribution in [0.2, 0.25) is 0 Å². The first-order valence-corrected chi connectivity index (χ1v) is 7.02. The lowest BCUT2D eigenvalue weighted by Gasteiger charge is -2.29. The number of nitrogens with two attached hydrogens (primary N) is 1. The summed E-state index contributed by atoms with van der Waals surface area (Å²) in [5.41, 5.74) is 7.98. The van der Waals surface area contributed by atoms with Gasteiger partial charge in [-0.05, 0) is 44.4 Å². The molecule has 1 aromatic heterocycles. The summed E-state index contributed by atoms with van der Waals surface area (Å²) in [6, 6.07) is 2.63. The molecule has 1 aromatic rings. The van der Waals surface area contributed by atoms with E-state index in [1.54, 1.807) is 0 Å². The number of rotatable bonds is 7. The Kier molecular flexibility index (Phi) is 6.13. The SMILES string of the molecule is CCCCCN(c1ncc(CN)cc1C)C(C)C. The molecule has 3 nitrogen and oxygen atoms in total. The second-order valence-corrected chi connectivity index (χ2v) is 5.18. The van der Waals surface area contributed by atoms with Crippen LogP contribution in [-0.2, 0) is 6.54 Å². The normalized spacial score (nSPS) is 11.0. The minimum Gasteiger partial charge on any atom is -0.354 e. The van der Waals surface area contributed by atoms with Gasteiger partial charge in [-0.15, -0.1) is 0 Å². The van der Waals surface area contributed by atoms with Gasteiger partial charge in [0.15, 0.2) is 0 Å². The number of pyridine rings is 1. The Balaban J connectivity index is 2.84. The Labute approximate surface area is 111 Å². The highest BCUT2D eigenvalue weighted by Gasteiger charge is 2.14. The first-order valence-electron chi connectivity index (χ1n) is 7.02. The maximum atomic E-state index is 5.65. The van der Waals surface area contributed by atoms with Crippen molar-refractivity contribution in [1.29, 1.82) is 0 Å². The summed E-state index contributed by atoms with van der Waals surface area (Å²) in [4.78, 5) is 6.99. The molecule has 0 aromatic carbocycles. The third-order valence-electron chi connectivity index (χ3n) is 3.24. The quantitative estimate of drug-likeness (QED) is 0.754. The monoisotopic (exact) mass is 249 g/mol. The third kappa shape index (κ3) is 3.98. The minimum absolute atomic E-state index is 0.483. The van der Waals surface area contributed by atoms with Gasteiger partial charge >= 0.3 is 0 Å². The molecular weight excluding hydrogens is 222 g/mol. The van der Waals surface area contributed by atoms with Crippen LogP contribution in [0.5, 0.6) is 0 Å². The molecule has 0 fully saturated rings. The average Bonchev–Trinajstić information content (AvgIpc) is 2.35. The molecule has 2 N–H and O–H groups in total. The van der Waals surface area contributed by atoms with Gasteiger partial charge in [-0.3, -0.25) is 0 Å². The Morgan fingerprint density at radius 3 is 2.56 bits per heavy atom. The molecule has 0 aliphatic rings. The second kappa shape index (κ2) is 7.37. The van der Waals surface area contributed by atoms with E-state index in [1.165, 1.54) is 24.8 Å². The van der Waals surface area contributed by atoms with Crippen LogP contribution in [0.15, 0.2) is 12.3 Å². The van der Waals surface area contributed by atoms with E-state index in [0.29, 0.717) is 12.6 Å². The predicted molar refractivity (Wildman–Crippen MR) is 78.9 cm³/mol. The lowest BCUT2D eigenvalue weighted by molar-refractivity contribution is 0.618. The van der Waals surface area contributed by atoms with Gasteiger partial charge in [0.25, 0.3) is 0 Å². The van der Waals surface area contributed by atoms with Gasteiger partial charge in [-0.2, -0.15) is 0 Å². The highest BCUT2D eigenvalue weighted by atomic mass is 15.2. The van der Waals surface area contributed by atoms with Crippen LogP contribution in [-0.4, -0.2) is 17.6 Å². The van der Waals surface area contributed by atoms with Crippen LogP contribution in [0.1, 0.15) is 51.2 Å². The van der Waals surface area contributed by atoms with E-state index in [0.717, 1.165) is 17.9 Å². The van der Waals surface area contributed by atoms with Crippen LogP contribution >= 0.6 is 0 Å². The van der Waals surface area contributed by atoms with Crippen molar-refractivity contribution in [3.63, 3.8) is 0 Å². The lowest BCUT2D eigenvalue weighted by atomic mass is 10.1. The summed E-state index contributed by atoms with van der Waals surface area (Å²) in [7, 11) is 0. The van der Waals surface area contributed by atoms with Gasteiger partial charge in [0.05, 0.1) is 0 Å². The van der Waals surface area contributed by atoms with E-state index < -0.39 is 0 Å². The molecule has 0 atom stereocenters. The van der Waals surface area contributed by atoms with Gasteiger partial charge in [-0.25, -0.2) is 4.98 Å². The largest absolute Gasteiger partial charge is 0.354 e. The molecular formula is C15H27N3. The van der Waals surface area contributed by atoms with Crippen molar-refractivity contribution in [2.45, 2.75) is 59.5 Å². The Hall–Kier alpha value is -1.09. The molecule has 0 amide bonds. The zero-order valence-corrected chi connectivity index (χ0v) is 12.2. The molecule has 1 rings (SSSR count). The Morgan fingerprint density at radius 1 is 1.33 bits per heavy atom. The van der Waals surface area contributed by atoms with E-state index in [1.807, 2.05) is 6.20 Å². The molecule has 0 aliphatic heterocycles. The van der Waals surface area contributed by atoms with Crippen molar-refractivity contribution in [1.82, 2.24) is 4.98 Å². The van der Waals surface area contributed by atoms with E-state index in [9.17, 15) is 0 Å². The Bertz CT molecular complexity index is 361. The van der Waals surface area contributed by atoms with Crippen molar-refractivity contribution >= 4 is 5.82 Å². The number of hydrogen-bond donors (Lipinski definition) is 1. The van der Waals surface area contributed by atoms with Crippen molar-refractivity contribution in [2.75, 3.05) is 11.4 Å². The van der Waals surface area contributed by atoms with Crippen LogP contribution < -0.4 is 10.6 Å². The first-order chi connectivity index (χ1) is 8.60. The number of anilines is 1. The third-order valence-corrected chi connectivity index (χ3v) is 3.24. The number of unbranched alkanes of at least 4 members (excludes halogenated alkanes) is 2. The molecule has 3 heteroatoms. The maximum absolute atomic E-state index is 5.65. The number of hydrogen-bond acceptors (Lipinski definition) is 3. The van der Waals surface area contributed by atoms with Crippen molar-refractivity contribution in [2.24, 2.45) is 5.73 Å². The summed E-state index contributed by atoms with van der Waals surface area (Å²) in [5, 5.41) is 0. The molecule has 0 saturated carbocycles. The standard InChI is InChI=1S/C15H27N3/c1-5-6-7-8-18(12(2)3)15-13(4)9-14(10-16)11-17-15/h9,11-12H,5-8,10,16H2,1-4H3. The van der Waals surface area contributed by atoms with Gasteiger partial charge in [-0.1, -0.05) is 19.8 Å². The van der Waals surface area contributed by atoms with E-state index in [2.05, 4.69) is 43.6 Å².